The standard InChI is InChI=1S/C18H24N6/c1-12-3-4-15(9-20-12)22-18-21-8-14-10-24(11-17(14)23-18)16-5-6-19-13(2)7-16/h3-4,8-9,13,16,19H,5-7,10-11H2,1-2H3,(H,21,22,23)/t13-,16-/m1/s1. The fourth-order valence-corrected chi connectivity index (χ4v) is 3.60. The summed E-state index contributed by atoms with van der Waals surface area (Å²) >= 11 is 0. The molecule has 1 fully saturated rings. The molecule has 2 aliphatic rings. The van der Waals surface area contributed by atoms with Crippen molar-refractivity contribution < 1.29 is 0 Å². The first-order chi connectivity index (χ1) is 11.7. The summed E-state index contributed by atoms with van der Waals surface area (Å²) in [5.41, 5.74) is 4.33. The Hall–Kier alpha value is -2.05. The first-order valence-electron chi connectivity index (χ1n) is 8.69. The minimum atomic E-state index is 0.602. The Balaban J connectivity index is 1.46. The largest absolute Gasteiger partial charge is 0.323 e. The van der Waals surface area contributed by atoms with Crippen LogP contribution < -0.4 is 10.6 Å². The number of fused-ring (bicyclic) bond motifs is 1. The first-order valence-corrected chi connectivity index (χ1v) is 8.69. The Morgan fingerprint density at radius 2 is 2.12 bits per heavy atom. The Labute approximate surface area is 142 Å². The highest BCUT2D eigenvalue weighted by atomic mass is 15.2. The van der Waals surface area contributed by atoms with Gasteiger partial charge in [-0.15, -0.1) is 0 Å². The van der Waals surface area contributed by atoms with Crippen molar-refractivity contribution in [1.82, 2.24) is 25.2 Å². The molecule has 0 spiro atoms. The normalized spacial score (nSPS) is 23.9. The molecule has 24 heavy (non-hydrogen) atoms. The van der Waals surface area contributed by atoms with Gasteiger partial charge in [-0.1, -0.05) is 0 Å². The molecule has 6 nitrogen and oxygen atoms in total. The van der Waals surface area contributed by atoms with Gasteiger partial charge in [0.25, 0.3) is 0 Å². The third kappa shape index (κ3) is 3.25. The second kappa shape index (κ2) is 6.45. The molecule has 0 unspecified atom stereocenters. The third-order valence-electron chi connectivity index (χ3n) is 4.96. The van der Waals surface area contributed by atoms with Crippen LogP contribution in [0.1, 0.15) is 36.7 Å². The summed E-state index contributed by atoms with van der Waals surface area (Å²) in [5, 5.41) is 6.78. The van der Waals surface area contributed by atoms with Crippen LogP contribution in [0.3, 0.4) is 0 Å². The Morgan fingerprint density at radius 1 is 1.21 bits per heavy atom. The van der Waals surface area contributed by atoms with E-state index < -0.39 is 0 Å². The van der Waals surface area contributed by atoms with E-state index in [1.807, 2.05) is 31.5 Å². The van der Waals surface area contributed by atoms with Gasteiger partial charge in [-0.3, -0.25) is 9.88 Å². The molecule has 126 valence electrons. The lowest BCUT2D eigenvalue weighted by atomic mass is 9.99. The minimum Gasteiger partial charge on any atom is -0.323 e. The van der Waals surface area contributed by atoms with Crippen LogP contribution in [-0.2, 0) is 13.1 Å². The molecule has 0 aliphatic carbocycles. The number of rotatable bonds is 3. The van der Waals surface area contributed by atoms with Gasteiger partial charge >= 0.3 is 0 Å². The van der Waals surface area contributed by atoms with Gasteiger partial charge in [0.15, 0.2) is 0 Å². The van der Waals surface area contributed by atoms with Crippen LogP contribution in [0.2, 0.25) is 0 Å². The van der Waals surface area contributed by atoms with Crippen molar-refractivity contribution >= 4 is 11.6 Å². The number of hydrogen-bond acceptors (Lipinski definition) is 6. The first kappa shape index (κ1) is 15.5. The molecule has 0 bridgehead atoms. The van der Waals surface area contributed by atoms with Crippen molar-refractivity contribution in [3.8, 4) is 0 Å². The zero-order chi connectivity index (χ0) is 16.5. The molecule has 2 aromatic rings. The molecule has 0 radical (unpaired) electrons. The number of hydrogen-bond donors (Lipinski definition) is 2. The molecular formula is C18H24N6. The van der Waals surface area contributed by atoms with Gasteiger partial charge < -0.3 is 10.6 Å². The number of aromatic nitrogens is 3. The zero-order valence-electron chi connectivity index (χ0n) is 14.3. The van der Waals surface area contributed by atoms with Crippen molar-refractivity contribution in [3.05, 3.63) is 41.5 Å². The Bertz CT molecular complexity index is 714. The van der Waals surface area contributed by atoms with Gasteiger partial charge in [0.2, 0.25) is 5.95 Å². The van der Waals surface area contributed by atoms with E-state index in [0.717, 1.165) is 36.7 Å². The second-order valence-corrected chi connectivity index (χ2v) is 6.92. The van der Waals surface area contributed by atoms with Crippen molar-refractivity contribution in [2.24, 2.45) is 0 Å². The number of pyridine rings is 1. The van der Waals surface area contributed by atoms with Crippen molar-refractivity contribution in [2.45, 2.75) is 51.9 Å². The van der Waals surface area contributed by atoms with Gasteiger partial charge in [0, 0.05) is 42.6 Å². The highest BCUT2D eigenvalue weighted by Gasteiger charge is 2.30. The van der Waals surface area contributed by atoms with Gasteiger partial charge in [0.1, 0.15) is 0 Å². The van der Waals surface area contributed by atoms with E-state index in [4.69, 9.17) is 4.98 Å². The van der Waals surface area contributed by atoms with Crippen LogP contribution in [0.15, 0.2) is 24.5 Å². The molecule has 6 heteroatoms. The number of aryl methyl sites for hydroxylation is 1. The molecule has 0 aromatic carbocycles. The lowest BCUT2D eigenvalue weighted by molar-refractivity contribution is 0.146. The molecule has 4 rings (SSSR count). The van der Waals surface area contributed by atoms with Crippen LogP contribution in [-0.4, -0.2) is 38.5 Å². The maximum absolute atomic E-state index is 4.73. The van der Waals surface area contributed by atoms with Crippen LogP contribution in [0.25, 0.3) is 0 Å². The van der Waals surface area contributed by atoms with E-state index in [1.54, 1.807) is 0 Å². The summed E-state index contributed by atoms with van der Waals surface area (Å²) in [4.78, 5) is 16.0. The summed E-state index contributed by atoms with van der Waals surface area (Å²) in [6, 6.07) is 5.23. The average Bonchev–Trinajstić information content (AvgIpc) is 3.00. The SMILES string of the molecule is Cc1ccc(Nc2ncc3c(n2)CN([C@@H]2CCN[C@H](C)C2)C3)cn1. The molecule has 0 amide bonds. The van der Waals surface area contributed by atoms with Crippen LogP contribution in [0.5, 0.6) is 0 Å². The summed E-state index contributed by atoms with van der Waals surface area (Å²) in [6.07, 6.45) is 6.21. The summed E-state index contributed by atoms with van der Waals surface area (Å²) in [7, 11) is 0. The van der Waals surface area contributed by atoms with Gasteiger partial charge in [-0.2, -0.15) is 0 Å². The van der Waals surface area contributed by atoms with Gasteiger partial charge in [0.05, 0.1) is 17.6 Å². The molecular weight excluding hydrogens is 300 g/mol. The number of nitrogens with zero attached hydrogens (tertiary/aromatic N) is 4. The summed E-state index contributed by atoms with van der Waals surface area (Å²) in [6.45, 7) is 7.26. The third-order valence-corrected chi connectivity index (χ3v) is 4.96. The van der Waals surface area contributed by atoms with Crippen LogP contribution in [0.4, 0.5) is 11.6 Å². The van der Waals surface area contributed by atoms with E-state index >= 15 is 0 Å². The average molecular weight is 324 g/mol. The predicted octanol–water partition coefficient (Wildman–Crippen LogP) is 2.38. The van der Waals surface area contributed by atoms with Crippen molar-refractivity contribution in [2.75, 3.05) is 11.9 Å². The van der Waals surface area contributed by atoms with E-state index in [9.17, 15) is 0 Å². The molecule has 0 saturated carbocycles. The van der Waals surface area contributed by atoms with Gasteiger partial charge in [-0.05, 0) is 45.4 Å². The van der Waals surface area contributed by atoms with Gasteiger partial charge in [-0.25, -0.2) is 9.97 Å². The van der Waals surface area contributed by atoms with Crippen molar-refractivity contribution in [3.63, 3.8) is 0 Å². The molecule has 2 aromatic heterocycles. The smallest absolute Gasteiger partial charge is 0.227 e. The number of nitrogens with one attached hydrogen (secondary N) is 2. The zero-order valence-corrected chi connectivity index (χ0v) is 14.3. The molecule has 4 heterocycles. The second-order valence-electron chi connectivity index (χ2n) is 6.92. The van der Waals surface area contributed by atoms with E-state index in [2.05, 4.69) is 32.4 Å². The monoisotopic (exact) mass is 324 g/mol. The fourth-order valence-electron chi connectivity index (χ4n) is 3.60. The number of piperidine rings is 1. The van der Waals surface area contributed by atoms with Crippen molar-refractivity contribution in [1.29, 1.82) is 0 Å². The van der Waals surface area contributed by atoms with E-state index in [-0.39, 0.29) is 0 Å². The van der Waals surface area contributed by atoms with E-state index in [0.29, 0.717) is 18.0 Å². The highest BCUT2D eigenvalue weighted by Crippen LogP contribution is 2.27. The predicted molar refractivity (Wildman–Crippen MR) is 94.0 cm³/mol. The Morgan fingerprint density at radius 3 is 2.92 bits per heavy atom. The number of anilines is 2. The lowest BCUT2D eigenvalue weighted by Crippen LogP contribution is -2.45. The minimum absolute atomic E-state index is 0.602. The summed E-state index contributed by atoms with van der Waals surface area (Å²) < 4.78 is 0. The molecule has 1 saturated heterocycles. The fraction of sp³-hybridized carbons (Fsp3) is 0.500. The molecule has 2 N–H and O–H groups in total. The van der Waals surface area contributed by atoms with Crippen LogP contribution in [0, 0.1) is 6.92 Å². The summed E-state index contributed by atoms with van der Waals surface area (Å²) in [5.74, 6) is 0.653. The Kier molecular flexibility index (Phi) is 4.16. The quantitative estimate of drug-likeness (QED) is 0.904. The molecule has 2 aliphatic heterocycles. The maximum Gasteiger partial charge on any atom is 0.227 e. The highest BCUT2D eigenvalue weighted by molar-refractivity contribution is 5.52. The maximum atomic E-state index is 4.73. The lowest BCUT2D eigenvalue weighted by Gasteiger charge is -2.34. The topological polar surface area (TPSA) is 66.0 Å². The molecule has 2 atom stereocenters. The van der Waals surface area contributed by atoms with Crippen LogP contribution >= 0.6 is 0 Å². The van der Waals surface area contributed by atoms with E-state index in [1.165, 1.54) is 18.4 Å².